The van der Waals surface area contributed by atoms with E-state index < -0.39 is 12.7 Å². The van der Waals surface area contributed by atoms with Crippen molar-refractivity contribution in [1.82, 2.24) is 9.88 Å². The zero-order chi connectivity index (χ0) is 21.7. The first kappa shape index (κ1) is 21.8. The third-order valence-electron chi connectivity index (χ3n) is 4.93. The number of hydrogen-bond donors (Lipinski definition) is 1. The van der Waals surface area contributed by atoms with Crippen LogP contribution in [0.2, 0.25) is 0 Å². The Kier molecular flexibility index (Phi) is 7.04. The van der Waals surface area contributed by atoms with Crippen LogP contribution in [0.3, 0.4) is 0 Å². The van der Waals surface area contributed by atoms with Crippen LogP contribution in [0.25, 0.3) is 0 Å². The van der Waals surface area contributed by atoms with Gasteiger partial charge < -0.3 is 19.7 Å². The van der Waals surface area contributed by atoms with E-state index in [0.717, 1.165) is 12.2 Å². The van der Waals surface area contributed by atoms with E-state index in [1.54, 1.807) is 25.3 Å². The van der Waals surface area contributed by atoms with Crippen LogP contribution in [0.5, 0.6) is 11.5 Å². The van der Waals surface area contributed by atoms with Crippen molar-refractivity contribution in [3.63, 3.8) is 0 Å². The van der Waals surface area contributed by atoms with E-state index in [0.29, 0.717) is 18.8 Å². The molecule has 9 heteroatoms. The van der Waals surface area contributed by atoms with Crippen LogP contribution in [-0.2, 0) is 4.79 Å². The molecule has 2 aromatic rings. The van der Waals surface area contributed by atoms with Gasteiger partial charge in [0.05, 0.1) is 11.7 Å². The average Bonchev–Trinajstić information content (AvgIpc) is 3.17. The van der Waals surface area contributed by atoms with Gasteiger partial charge in [-0.05, 0) is 37.6 Å². The Morgan fingerprint density at radius 3 is 2.70 bits per heavy atom. The first-order valence-electron chi connectivity index (χ1n) is 9.73. The number of alkyl halides is 2. The lowest BCUT2D eigenvalue weighted by Gasteiger charge is -2.24. The van der Waals surface area contributed by atoms with E-state index in [1.807, 2.05) is 36.0 Å². The fourth-order valence-electron chi connectivity index (χ4n) is 3.36. The number of ether oxygens (including phenoxy) is 2. The van der Waals surface area contributed by atoms with Crippen molar-refractivity contribution in [2.24, 2.45) is 0 Å². The van der Waals surface area contributed by atoms with Gasteiger partial charge in [-0.2, -0.15) is 8.78 Å². The molecule has 1 aromatic heterocycles. The topological polar surface area (TPSA) is 66.9 Å². The SMILES string of the molecule is C[C@H](C(=O)Nc1ccccc1OC(F)F)N1CC[C@@H](Oc2cccnc2N(C)C)C1. The molecule has 1 saturated heterocycles. The molecule has 1 aliphatic rings. The zero-order valence-electron chi connectivity index (χ0n) is 17.2. The Labute approximate surface area is 174 Å². The molecule has 2 heterocycles. The number of carbonyl (C=O) groups is 1. The molecule has 1 amide bonds. The summed E-state index contributed by atoms with van der Waals surface area (Å²) < 4.78 is 35.8. The number of halogens is 2. The van der Waals surface area contributed by atoms with Crippen LogP contribution < -0.4 is 19.7 Å². The van der Waals surface area contributed by atoms with Crippen molar-refractivity contribution in [3.8, 4) is 11.5 Å². The molecule has 1 N–H and O–H groups in total. The second-order valence-electron chi connectivity index (χ2n) is 7.28. The van der Waals surface area contributed by atoms with Crippen molar-refractivity contribution < 1.29 is 23.0 Å². The lowest BCUT2D eigenvalue weighted by molar-refractivity contribution is -0.120. The van der Waals surface area contributed by atoms with E-state index in [2.05, 4.69) is 15.0 Å². The Morgan fingerprint density at radius 2 is 1.97 bits per heavy atom. The number of aromatic nitrogens is 1. The Morgan fingerprint density at radius 1 is 1.23 bits per heavy atom. The number of carbonyl (C=O) groups excluding carboxylic acids is 1. The highest BCUT2D eigenvalue weighted by Gasteiger charge is 2.31. The monoisotopic (exact) mass is 420 g/mol. The number of nitrogens with one attached hydrogen (secondary N) is 1. The summed E-state index contributed by atoms with van der Waals surface area (Å²) >= 11 is 0. The van der Waals surface area contributed by atoms with Gasteiger partial charge in [-0.1, -0.05) is 12.1 Å². The van der Waals surface area contributed by atoms with Gasteiger partial charge in [0.15, 0.2) is 11.6 Å². The summed E-state index contributed by atoms with van der Waals surface area (Å²) in [5.41, 5.74) is 0.215. The molecule has 0 spiro atoms. The number of pyridine rings is 1. The Balaban J connectivity index is 1.60. The second-order valence-corrected chi connectivity index (χ2v) is 7.28. The molecule has 0 radical (unpaired) electrons. The minimum Gasteiger partial charge on any atom is -0.485 e. The predicted molar refractivity (Wildman–Crippen MR) is 110 cm³/mol. The molecule has 1 fully saturated rings. The standard InChI is InChI=1S/C21H26F2N4O3/c1-14(20(28)25-16-7-4-5-8-17(16)30-21(22)23)27-12-10-15(13-27)29-18-9-6-11-24-19(18)26(2)3/h4-9,11,14-15,21H,10,12-13H2,1-3H3,(H,25,28)/t14-,15-/m1/s1. The number of hydrogen-bond acceptors (Lipinski definition) is 6. The first-order valence-corrected chi connectivity index (χ1v) is 9.73. The van der Waals surface area contributed by atoms with Crippen LogP contribution in [0.15, 0.2) is 42.6 Å². The van der Waals surface area contributed by atoms with E-state index in [1.165, 1.54) is 12.1 Å². The van der Waals surface area contributed by atoms with E-state index in [-0.39, 0.29) is 23.4 Å². The normalized spacial score (nSPS) is 17.6. The third kappa shape index (κ3) is 5.35. The molecule has 0 aliphatic carbocycles. The predicted octanol–water partition coefficient (Wildman–Crippen LogP) is 3.23. The highest BCUT2D eigenvalue weighted by Crippen LogP contribution is 2.28. The number of para-hydroxylation sites is 2. The second kappa shape index (κ2) is 9.71. The quantitative estimate of drug-likeness (QED) is 0.707. The van der Waals surface area contributed by atoms with Gasteiger partial charge in [-0.25, -0.2) is 4.98 Å². The molecule has 1 aliphatic heterocycles. The number of anilines is 2. The van der Waals surface area contributed by atoms with Gasteiger partial charge in [0.2, 0.25) is 5.91 Å². The lowest BCUT2D eigenvalue weighted by Crippen LogP contribution is -2.41. The van der Waals surface area contributed by atoms with Crippen LogP contribution in [0, 0.1) is 0 Å². The molecule has 0 saturated carbocycles. The van der Waals surface area contributed by atoms with Crippen LogP contribution in [0.1, 0.15) is 13.3 Å². The molecule has 3 rings (SSSR count). The van der Waals surface area contributed by atoms with Crippen LogP contribution >= 0.6 is 0 Å². The summed E-state index contributed by atoms with van der Waals surface area (Å²) in [6.07, 6.45) is 2.41. The molecule has 7 nitrogen and oxygen atoms in total. The minimum atomic E-state index is -2.96. The molecule has 30 heavy (non-hydrogen) atoms. The van der Waals surface area contributed by atoms with E-state index in [9.17, 15) is 13.6 Å². The van der Waals surface area contributed by atoms with E-state index in [4.69, 9.17) is 4.74 Å². The van der Waals surface area contributed by atoms with Gasteiger partial charge in [0, 0.05) is 33.4 Å². The van der Waals surface area contributed by atoms with Gasteiger partial charge in [0.1, 0.15) is 11.9 Å². The fourth-order valence-corrected chi connectivity index (χ4v) is 3.36. The Bertz CT molecular complexity index is 866. The maximum absolute atomic E-state index is 12.7. The summed E-state index contributed by atoms with van der Waals surface area (Å²) in [5, 5.41) is 2.68. The van der Waals surface area contributed by atoms with Crippen LogP contribution in [0.4, 0.5) is 20.3 Å². The molecule has 1 aromatic carbocycles. The highest BCUT2D eigenvalue weighted by molar-refractivity contribution is 5.95. The maximum atomic E-state index is 12.7. The lowest BCUT2D eigenvalue weighted by atomic mass is 10.2. The molecular formula is C21H26F2N4O3. The smallest absolute Gasteiger partial charge is 0.387 e. The minimum absolute atomic E-state index is 0.0662. The summed E-state index contributed by atoms with van der Waals surface area (Å²) in [6.45, 7) is 0.0812. The first-order chi connectivity index (χ1) is 14.3. The zero-order valence-corrected chi connectivity index (χ0v) is 17.2. The van der Waals surface area contributed by atoms with Crippen molar-refractivity contribution in [2.75, 3.05) is 37.4 Å². The number of nitrogens with zero attached hydrogens (tertiary/aromatic N) is 3. The van der Waals surface area contributed by atoms with Crippen molar-refractivity contribution >= 4 is 17.4 Å². The van der Waals surface area contributed by atoms with Gasteiger partial charge in [0.25, 0.3) is 0 Å². The van der Waals surface area contributed by atoms with Gasteiger partial charge in [-0.15, -0.1) is 0 Å². The summed E-state index contributed by atoms with van der Waals surface area (Å²) in [5.74, 6) is 1.08. The maximum Gasteiger partial charge on any atom is 0.387 e. The molecule has 2 atom stereocenters. The van der Waals surface area contributed by atoms with Crippen molar-refractivity contribution in [2.45, 2.75) is 32.1 Å². The fraction of sp³-hybridized carbons (Fsp3) is 0.429. The van der Waals surface area contributed by atoms with Gasteiger partial charge in [-0.3, -0.25) is 9.69 Å². The highest BCUT2D eigenvalue weighted by atomic mass is 19.3. The average molecular weight is 420 g/mol. The van der Waals surface area contributed by atoms with Crippen LogP contribution in [-0.4, -0.2) is 61.7 Å². The van der Waals surface area contributed by atoms with Crippen molar-refractivity contribution in [3.05, 3.63) is 42.6 Å². The number of benzene rings is 1. The summed E-state index contributed by atoms with van der Waals surface area (Å²) in [4.78, 5) is 20.9. The van der Waals surface area contributed by atoms with Crippen molar-refractivity contribution in [1.29, 1.82) is 0 Å². The number of rotatable bonds is 8. The molecule has 0 bridgehead atoms. The van der Waals surface area contributed by atoms with E-state index >= 15 is 0 Å². The Hall–Kier alpha value is -2.94. The van der Waals surface area contributed by atoms with Gasteiger partial charge >= 0.3 is 6.61 Å². The third-order valence-corrected chi connectivity index (χ3v) is 4.93. The molecular weight excluding hydrogens is 394 g/mol. The molecule has 0 unspecified atom stereocenters. The largest absolute Gasteiger partial charge is 0.485 e. The molecule has 162 valence electrons. The number of amides is 1. The number of likely N-dealkylation sites (tertiary alicyclic amines) is 1. The summed E-state index contributed by atoms with van der Waals surface area (Å²) in [7, 11) is 3.80. The summed E-state index contributed by atoms with van der Waals surface area (Å²) in [6, 6.07) is 9.38.